The van der Waals surface area contributed by atoms with Gasteiger partial charge in [0.1, 0.15) is 0 Å². The molecule has 0 bridgehead atoms. The normalized spacial score (nSPS) is 18.6. The molecule has 5 heteroatoms. The molecule has 98 valence electrons. The lowest BCUT2D eigenvalue weighted by molar-refractivity contribution is -0.119. The van der Waals surface area contributed by atoms with Crippen molar-refractivity contribution in [1.82, 2.24) is 5.32 Å². The van der Waals surface area contributed by atoms with Crippen LogP contribution >= 0.6 is 11.6 Å². The van der Waals surface area contributed by atoms with E-state index >= 15 is 0 Å². The zero-order chi connectivity index (χ0) is 12.8. The molecule has 18 heavy (non-hydrogen) atoms. The number of para-hydroxylation sites is 1. The molecule has 1 aromatic carbocycles. The van der Waals surface area contributed by atoms with E-state index < -0.39 is 0 Å². The van der Waals surface area contributed by atoms with Gasteiger partial charge in [0, 0.05) is 13.2 Å². The Morgan fingerprint density at radius 3 is 3.00 bits per heavy atom. The Morgan fingerprint density at radius 2 is 2.28 bits per heavy atom. The van der Waals surface area contributed by atoms with Crippen LogP contribution in [0.3, 0.4) is 0 Å². The summed E-state index contributed by atoms with van der Waals surface area (Å²) in [5, 5.41) is 6.46. The molecule has 2 rings (SSSR count). The van der Waals surface area contributed by atoms with Crippen molar-refractivity contribution in [3.05, 3.63) is 29.3 Å². The van der Waals surface area contributed by atoms with Crippen LogP contribution in [0, 0.1) is 0 Å². The first-order valence-corrected chi connectivity index (χ1v) is 6.50. The molecule has 1 heterocycles. The minimum atomic E-state index is -0.0505. The maximum absolute atomic E-state index is 11.6. The number of ether oxygens (including phenoxy) is 1. The fourth-order valence-electron chi connectivity index (χ4n) is 1.88. The van der Waals surface area contributed by atoms with E-state index in [2.05, 4.69) is 10.6 Å². The summed E-state index contributed by atoms with van der Waals surface area (Å²) < 4.78 is 5.43. The predicted octanol–water partition coefficient (Wildman–Crippen LogP) is 2.05. The van der Waals surface area contributed by atoms with Gasteiger partial charge in [-0.3, -0.25) is 4.79 Å². The molecule has 1 aromatic rings. The van der Waals surface area contributed by atoms with Crippen molar-refractivity contribution in [3.63, 3.8) is 0 Å². The second-order valence-corrected chi connectivity index (χ2v) is 4.68. The van der Waals surface area contributed by atoms with Gasteiger partial charge in [-0.15, -0.1) is 0 Å². The summed E-state index contributed by atoms with van der Waals surface area (Å²) in [7, 11) is 0. The smallest absolute Gasteiger partial charge is 0.239 e. The fourth-order valence-corrected chi connectivity index (χ4v) is 2.08. The van der Waals surface area contributed by atoms with Gasteiger partial charge in [-0.05, 0) is 25.0 Å². The van der Waals surface area contributed by atoms with Crippen molar-refractivity contribution >= 4 is 23.2 Å². The Kier molecular flexibility index (Phi) is 4.84. The van der Waals surface area contributed by atoms with Crippen LogP contribution in [0.15, 0.2) is 24.3 Å². The van der Waals surface area contributed by atoms with E-state index in [9.17, 15) is 4.79 Å². The SMILES string of the molecule is O=C(CNc1ccccc1Cl)NCC1CCCO1. The number of amides is 1. The van der Waals surface area contributed by atoms with Gasteiger partial charge in [0.05, 0.1) is 23.4 Å². The molecular weight excluding hydrogens is 252 g/mol. The summed E-state index contributed by atoms with van der Waals surface area (Å²) in [5.41, 5.74) is 0.770. The maximum Gasteiger partial charge on any atom is 0.239 e. The molecule has 0 radical (unpaired) electrons. The lowest BCUT2D eigenvalue weighted by atomic mass is 10.2. The average Bonchev–Trinajstić information content (AvgIpc) is 2.88. The molecule has 0 aromatic heterocycles. The van der Waals surface area contributed by atoms with Gasteiger partial charge in [-0.2, -0.15) is 0 Å². The van der Waals surface area contributed by atoms with Crippen LogP contribution in [0.25, 0.3) is 0 Å². The van der Waals surface area contributed by atoms with E-state index in [1.807, 2.05) is 18.2 Å². The van der Waals surface area contributed by atoms with Gasteiger partial charge in [0.2, 0.25) is 5.91 Å². The van der Waals surface area contributed by atoms with Crippen LogP contribution in [-0.2, 0) is 9.53 Å². The number of rotatable bonds is 5. The van der Waals surface area contributed by atoms with Gasteiger partial charge in [0.25, 0.3) is 0 Å². The largest absolute Gasteiger partial charge is 0.376 e. The Hall–Kier alpha value is -1.26. The highest BCUT2D eigenvalue weighted by molar-refractivity contribution is 6.33. The molecule has 1 aliphatic rings. The van der Waals surface area contributed by atoms with E-state index in [1.54, 1.807) is 6.07 Å². The third-order valence-corrected chi connectivity index (χ3v) is 3.19. The number of carbonyl (C=O) groups is 1. The standard InChI is InChI=1S/C13H17ClN2O2/c14-11-5-1-2-6-12(11)15-9-13(17)16-8-10-4-3-7-18-10/h1-2,5-6,10,15H,3-4,7-9H2,(H,16,17). The van der Waals surface area contributed by atoms with Crippen molar-refractivity contribution in [2.75, 3.05) is 25.0 Å². The van der Waals surface area contributed by atoms with E-state index in [0.29, 0.717) is 11.6 Å². The van der Waals surface area contributed by atoms with E-state index in [4.69, 9.17) is 16.3 Å². The third kappa shape index (κ3) is 3.89. The lowest BCUT2D eigenvalue weighted by Crippen LogP contribution is -2.35. The number of nitrogens with one attached hydrogen (secondary N) is 2. The van der Waals surface area contributed by atoms with Gasteiger partial charge in [-0.25, -0.2) is 0 Å². The van der Waals surface area contributed by atoms with Crippen LogP contribution in [0.5, 0.6) is 0 Å². The average molecular weight is 269 g/mol. The number of anilines is 1. The minimum Gasteiger partial charge on any atom is -0.376 e. The topological polar surface area (TPSA) is 50.4 Å². The third-order valence-electron chi connectivity index (χ3n) is 2.86. The van der Waals surface area contributed by atoms with E-state index in [0.717, 1.165) is 25.1 Å². The highest BCUT2D eigenvalue weighted by atomic mass is 35.5. The molecule has 0 saturated carbocycles. The maximum atomic E-state index is 11.6. The Labute approximate surface area is 112 Å². The zero-order valence-corrected chi connectivity index (χ0v) is 10.9. The molecule has 4 nitrogen and oxygen atoms in total. The highest BCUT2D eigenvalue weighted by Crippen LogP contribution is 2.19. The number of halogens is 1. The summed E-state index contributed by atoms with van der Waals surface area (Å²) in [6, 6.07) is 7.35. The van der Waals surface area contributed by atoms with Crippen LogP contribution in [0.4, 0.5) is 5.69 Å². The summed E-state index contributed by atoms with van der Waals surface area (Å²) in [6.07, 6.45) is 2.28. The molecular formula is C13H17ClN2O2. The Balaban J connectivity index is 1.69. The van der Waals surface area contributed by atoms with Crippen LogP contribution < -0.4 is 10.6 Å². The van der Waals surface area contributed by atoms with E-state index in [1.165, 1.54) is 0 Å². The Morgan fingerprint density at radius 1 is 1.44 bits per heavy atom. The minimum absolute atomic E-state index is 0.0505. The van der Waals surface area contributed by atoms with Crippen molar-refractivity contribution in [2.24, 2.45) is 0 Å². The van der Waals surface area contributed by atoms with Crippen LogP contribution in [-0.4, -0.2) is 31.7 Å². The summed E-state index contributed by atoms with van der Waals surface area (Å²) in [4.78, 5) is 11.6. The summed E-state index contributed by atoms with van der Waals surface area (Å²) in [5.74, 6) is -0.0505. The molecule has 1 amide bonds. The molecule has 2 N–H and O–H groups in total. The van der Waals surface area contributed by atoms with Crippen LogP contribution in [0.2, 0.25) is 5.02 Å². The number of hydrogen-bond donors (Lipinski definition) is 2. The van der Waals surface area contributed by atoms with Crippen molar-refractivity contribution in [2.45, 2.75) is 18.9 Å². The second kappa shape index (κ2) is 6.61. The van der Waals surface area contributed by atoms with Gasteiger partial charge < -0.3 is 15.4 Å². The monoisotopic (exact) mass is 268 g/mol. The van der Waals surface area contributed by atoms with Crippen molar-refractivity contribution in [1.29, 1.82) is 0 Å². The predicted molar refractivity (Wildman–Crippen MR) is 71.9 cm³/mol. The molecule has 0 aliphatic carbocycles. The summed E-state index contributed by atoms with van der Waals surface area (Å²) >= 11 is 5.97. The fraction of sp³-hybridized carbons (Fsp3) is 0.462. The highest BCUT2D eigenvalue weighted by Gasteiger charge is 2.15. The number of hydrogen-bond acceptors (Lipinski definition) is 3. The molecule has 1 atom stereocenters. The molecule has 1 saturated heterocycles. The second-order valence-electron chi connectivity index (χ2n) is 4.27. The molecule has 1 unspecified atom stereocenters. The zero-order valence-electron chi connectivity index (χ0n) is 10.1. The van der Waals surface area contributed by atoms with Gasteiger partial charge in [-0.1, -0.05) is 23.7 Å². The first kappa shape index (κ1) is 13.2. The summed E-state index contributed by atoms with van der Waals surface area (Å²) in [6.45, 7) is 1.61. The van der Waals surface area contributed by atoms with E-state index in [-0.39, 0.29) is 18.6 Å². The van der Waals surface area contributed by atoms with Gasteiger partial charge in [0.15, 0.2) is 0 Å². The number of carbonyl (C=O) groups excluding carboxylic acids is 1. The first-order valence-electron chi connectivity index (χ1n) is 6.12. The molecule has 1 aliphatic heterocycles. The first-order chi connectivity index (χ1) is 8.75. The number of benzene rings is 1. The lowest BCUT2D eigenvalue weighted by Gasteiger charge is -2.12. The quantitative estimate of drug-likeness (QED) is 0.859. The molecule has 1 fully saturated rings. The Bertz CT molecular complexity index is 406. The van der Waals surface area contributed by atoms with Crippen molar-refractivity contribution < 1.29 is 9.53 Å². The molecule has 0 spiro atoms. The van der Waals surface area contributed by atoms with Crippen molar-refractivity contribution in [3.8, 4) is 0 Å². The van der Waals surface area contributed by atoms with Crippen LogP contribution in [0.1, 0.15) is 12.8 Å². The van der Waals surface area contributed by atoms with Gasteiger partial charge >= 0.3 is 0 Å².